The van der Waals surface area contributed by atoms with E-state index in [-0.39, 0.29) is 0 Å². The molecule has 5 rings (SSSR count). The molecule has 1 aromatic carbocycles. The topological polar surface area (TPSA) is 49.6 Å². The van der Waals surface area contributed by atoms with Gasteiger partial charge >= 0.3 is 0 Å². The Kier molecular flexibility index (Phi) is 4.69. The van der Waals surface area contributed by atoms with Crippen LogP contribution in [0.1, 0.15) is 11.1 Å². The fraction of sp³-hybridized carbons (Fsp3) is 0.261. The average Bonchev–Trinajstić information content (AvgIpc) is 3.23. The number of hydrogen-bond donors (Lipinski definition) is 0. The van der Waals surface area contributed by atoms with Gasteiger partial charge < -0.3 is 4.90 Å². The van der Waals surface area contributed by atoms with Crippen molar-refractivity contribution >= 4 is 11.5 Å². The first-order valence-corrected chi connectivity index (χ1v) is 10.0. The van der Waals surface area contributed by atoms with Crippen LogP contribution in [0.4, 0.5) is 5.82 Å². The van der Waals surface area contributed by atoms with E-state index in [1.807, 2.05) is 35.2 Å². The van der Waals surface area contributed by atoms with Crippen molar-refractivity contribution in [3.8, 4) is 11.3 Å². The number of rotatable bonds is 4. The Bertz CT molecular complexity index is 1110. The third kappa shape index (κ3) is 3.71. The molecule has 3 aromatic heterocycles. The first kappa shape index (κ1) is 17.8. The van der Waals surface area contributed by atoms with E-state index in [0.29, 0.717) is 0 Å². The van der Waals surface area contributed by atoms with Crippen LogP contribution in [0, 0.1) is 6.92 Å². The molecule has 0 N–H and O–H groups in total. The maximum Gasteiger partial charge on any atom is 0.157 e. The quantitative estimate of drug-likeness (QED) is 0.540. The molecule has 0 saturated carbocycles. The van der Waals surface area contributed by atoms with Crippen LogP contribution in [0.3, 0.4) is 0 Å². The lowest BCUT2D eigenvalue weighted by molar-refractivity contribution is 0.248. The number of pyridine rings is 1. The molecule has 1 saturated heterocycles. The van der Waals surface area contributed by atoms with E-state index in [1.165, 1.54) is 11.1 Å². The Labute approximate surface area is 170 Å². The summed E-state index contributed by atoms with van der Waals surface area (Å²) in [6, 6.07) is 16.8. The lowest BCUT2D eigenvalue weighted by atomic mass is 10.1. The molecule has 1 aliphatic heterocycles. The summed E-state index contributed by atoms with van der Waals surface area (Å²) in [4.78, 5) is 14.0. The first-order chi connectivity index (χ1) is 14.3. The SMILES string of the molecule is Cc1cccc(-c2cc(N3CCN(Cc4cccnc4)CC3)n3nccc3n2)c1. The Morgan fingerprint density at radius 2 is 1.83 bits per heavy atom. The zero-order chi connectivity index (χ0) is 19.6. The summed E-state index contributed by atoms with van der Waals surface area (Å²) in [7, 11) is 0. The molecule has 0 radical (unpaired) electrons. The Hall–Kier alpha value is -3.25. The van der Waals surface area contributed by atoms with Crippen LogP contribution in [0.2, 0.25) is 0 Å². The third-order valence-corrected chi connectivity index (χ3v) is 5.48. The molecule has 0 atom stereocenters. The van der Waals surface area contributed by atoms with Crippen LogP contribution in [0.15, 0.2) is 67.1 Å². The maximum atomic E-state index is 4.83. The van der Waals surface area contributed by atoms with Gasteiger partial charge in [-0.05, 0) is 24.6 Å². The molecule has 4 heterocycles. The molecule has 29 heavy (non-hydrogen) atoms. The van der Waals surface area contributed by atoms with E-state index in [2.05, 4.69) is 63.2 Å². The monoisotopic (exact) mass is 384 g/mol. The maximum absolute atomic E-state index is 4.83. The number of benzene rings is 1. The van der Waals surface area contributed by atoms with Crippen molar-refractivity contribution < 1.29 is 0 Å². The highest BCUT2D eigenvalue weighted by molar-refractivity contribution is 5.67. The molecule has 1 fully saturated rings. The molecule has 0 unspecified atom stereocenters. The summed E-state index contributed by atoms with van der Waals surface area (Å²) >= 11 is 0. The number of aromatic nitrogens is 4. The van der Waals surface area contributed by atoms with E-state index < -0.39 is 0 Å². The molecule has 0 bridgehead atoms. The fourth-order valence-corrected chi connectivity index (χ4v) is 3.96. The summed E-state index contributed by atoms with van der Waals surface area (Å²) in [6.45, 7) is 7.02. The molecule has 0 spiro atoms. The highest BCUT2D eigenvalue weighted by Gasteiger charge is 2.21. The van der Waals surface area contributed by atoms with Crippen LogP contribution in [0.5, 0.6) is 0 Å². The molecule has 4 aromatic rings. The van der Waals surface area contributed by atoms with Crippen LogP contribution in [-0.4, -0.2) is 50.7 Å². The lowest BCUT2D eigenvalue weighted by Gasteiger charge is -2.36. The predicted octanol–water partition coefficient (Wildman–Crippen LogP) is 3.42. The van der Waals surface area contributed by atoms with Gasteiger partial charge in [-0.2, -0.15) is 9.61 Å². The van der Waals surface area contributed by atoms with Crippen LogP contribution >= 0.6 is 0 Å². The molecule has 6 heteroatoms. The fourth-order valence-electron chi connectivity index (χ4n) is 3.96. The molecule has 1 aliphatic rings. The average molecular weight is 384 g/mol. The van der Waals surface area contributed by atoms with Gasteiger partial charge in [-0.25, -0.2) is 4.98 Å². The molecular weight excluding hydrogens is 360 g/mol. The summed E-state index contributed by atoms with van der Waals surface area (Å²) in [5, 5.41) is 4.52. The minimum absolute atomic E-state index is 0.886. The molecule has 0 aliphatic carbocycles. The number of fused-ring (bicyclic) bond motifs is 1. The van der Waals surface area contributed by atoms with Gasteiger partial charge in [0.15, 0.2) is 5.65 Å². The minimum atomic E-state index is 0.886. The summed E-state index contributed by atoms with van der Waals surface area (Å²) < 4.78 is 1.95. The van der Waals surface area contributed by atoms with Crippen molar-refractivity contribution in [1.82, 2.24) is 24.5 Å². The van der Waals surface area contributed by atoms with Gasteiger partial charge in [0.25, 0.3) is 0 Å². The third-order valence-electron chi connectivity index (χ3n) is 5.48. The van der Waals surface area contributed by atoms with Crippen molar-refractivity contribution in [2.45, 2.75) is 13.5 Å². The molecule has 6 nitrogen and oxygen atoms in total. The standard InChI is InChI=1S/C23H24N6/c1-18-4-2-6-20(14-18)21-15-23(29-22(26-21)7-9-25-29)28-12-10-27(11-13-28)17-19-5-3-8-24-16-19/h2-9,14-16H,10-13,17H2,1H3. The van der Waals surface area contributed by atoms with Crippen molar-refractivity contribution in [2.75, 3.05) is 31.1 Å². The van der Waals surface area contributed by atoms with E-state index in [1.54, 1.807) is 0 Å². The Balaban J connectivity index is 1.40. The highest BCUT2D eigenvalue weighted by atomic mass is 15.4. The van der Waals surface area contributed by atoms with Gasteiger partial charge in [-0.3, -0.25) is 9.88 Å². The van der Waals surface area contributed by atoms with E-state index in [9.17, 15) is 0 Å². The van der Waals surface area contributed by atoms with Gasteiger partial charge in [0.2, 0.25) is 0 Å². The second-order valence-corrected chi connectivity index (χ2v) is 7.59. The smallest absolute Gasteiger partial charge is 0.157 e. The van der Waals surface area contributed by atoms with Gasteiger partial charge in [-0.15, -0.1) is 0 Å². The van der Waals surface area contributed by atoms with Gasteiger partial charge in [0.1, 0.15) is 5.82 Å². The first-order valence-electron chi connectivity index (χ1n) is 10.0. The van der Waals surface area contributed by atoms with Crippen LogP contribution in [0.25, 0.3) is 16.9 Å². The Morgan fingerprint density at radius 3 is 2.62 bits per heavy atom. The number of piperazine rings is 1. The summed E-state index contributed by atoms with van der Waals surface area (Å²) in [5.41, 5.74) is 5.53. The van der Waals surface area contributed by atoms with E-state index in [0.717, 1.165) is 55.4 Å². The van der Waals surface area contributed by atoms with Crippen LogP contribution in [-0.2, 0) is 6.54 Å². The van der Waals surface area contributed by atoms with E-state index >= 15 is 0 Å². The van der Waals surface area contributed by atoms with Gasteiger partial charge in [0.05, 0.1) is 11.9 Å². The summed E-state index contributed by atoms with van der Waals surface area (Å²) in [5.74, 6) is 1.11. The second-order valence-electron chi connectivity index (χ2n) is 7.59. The van der Waals surface area contributed by atoms with Crippen molar-refractivity contribution in [3.05, 3.63) is 78.2 Å². The van der Waals surface area contributed by atoms with Crippen molar-refractivity contribution in [1.29, 1.82) is 0 Å². The zero-order valence-corrected chi connectivity index (χ0v) is 16.6. The van der Waals surface area contributed by atoms with Gasteiger partial charge in [-0.1, -0.05) is 29.8 Å². The predicted molar refractivity (Wildman–Crippen MR) is 115 cm³/mol. The van der Waals surface area contributed by atoms with Gasteiger partial charge in [0, 0.05) is 62.8 Å². The minimum Gasteiger partial charge on any atom is -0.354 e. The number of aryl methyl sites for hydroxylation is 1. The van der Waals surface area contributed by atoms with Crippen LogP contribution < -0.4 is 4.90 Å². The number of nitrogens with zero attached hydrogens (tertiary/aromatic N) is 6. The number of hydrogen-bond acceptors (Lipinski definition) is 5. The van der Waals surface area contributed by atoms with Crippen molar-refractivity contribution in [3.63, 3.8) is 0 Å². The summed E-state index contributed by atoms with van der Waals surface area (Å²) in [6.07, 6.45) is 5.60. The highest BCUT2D eigenvalue weighted by Crippen LogP contribution is 2.26. The second kappa shape index (κ2) is 7.64. The molecule has 146 valence electrons. The van der Waals surface area contributed by atoms with Crippen molar-refractivity contribution in [2.24, 2.45) is 0 Å². The molecular formula is C23H24N6. The Morgan fingerprint density at radius 1 is 0.931 bits per heavy atom. The normalized spacial score (nSPS) is 15.1. The number of anilines is 1. The largest absolute Gasteiger partial charge is 0.354 e. The zero-order valence-electron chi connectivity index (χ0n) is 16.6. The lowest BCUT2D eigenvalue weighted by Crippen LogP contribution is -2.46. The molecule has 0 amide bonds. The van der Waals surface area contributed by atoms with E-state index in [4.69, 9.17) is 4.98 Å².